The second kappa shape index (κ2) is 8.73. The van der Waals surface area contributed by atoms with E-state index < -0.39 is 18.0 Å². The Kier molecular flexibility index (Phi) is 5.91. The monoisotopic (exact) mass is 377 g/mol. The second-order valence-electron chi connectivity index (χ2n) is 6.16. The summed E-state index contributed by atoms with van der Waals surface area (Å²) in [6.45, 7) is 0. The fraction of sp³-hybridized carbons (Fsp3) is 0.0909. The molecule has 0 aliphatic heterocycles. The smallest absolute Gasteiger partial charge is 0.343 e. The lowest BCUT2D eigenvalue weighted by molar-refractivity contribution is -0.137. The molecule has 28 heavy (non-hydrogen) atoms. The van der Waals surface area contributed by atoms with Crippen LogP contribution in [0.25, 0.3) is 0 Å². The average Bonchev–Trinajstić information content (AvgIpc) is 2.71. The predicted molar refractivity (Wildman–Crippen MR) is 105 cm³/mol. The van der Waals surface area contributed by atoms with Gasteiger partial charge in [0.2, 0.25) is 0 Å². The number of rotatable bonds is 7. The van der Waals surface area contributed by atoms with Crippen molar-refractivity contribution in [1.29, 1.82) is 0 Å². The number of carbonyl (C=O) groups is 2. The molecule has 0 aliphatic rings. The van der Waals surface area contributed by atoms with E-state index >= 15 is 0 Å². The number of aliphatic carboxylic acids is 1. The molecular weight excluding hydrogens is 358 g/mol. The summed E-state index contributed by atoms with van der Waals surface area (Å²) in [6, 6.07) is 20.6. The summed E-state index contributed by atoms with van der Waals surface area (Å²) in [5.41, 5.74) is 1.55. The molecule has 1 unspecified atom stereocenters. The summed E-state index contributed by atoms with van der Waals surface area (Å²) >= 11 is 0. The molecule has 142 valence electrons. The number of benzene rings is 3. The van der Waals surface area contributed by atoms with Crippen molar-refractivity contribution in [2.45, 2.75) is 12.5 Å². The number of phenols is 1. The van der Waals surface area contributed by atoms with Gasteiger partial charge in [0.25, 0.3) is 0 Å². The van der Waals surface area contributed by atoms with Crippen molar-refractivity contribution >= 4 is 17.6 Å². The van der Waals surface area contributed by atoms with Crippen LogP contribution in [0.2, 0.25) is 0 Å². The first-order valence-corrected chi connectivity index (χ1v) is 8.66. The molecule has 6 nitrogen and oxygen atoms in total. The maximum absolute atomic E-state index is 12.3. The molecule has 0 saturated carbocycles. The fourth-order valence-electron chi connectivity index (χ4n) is 2.66. The van der Waals surface area contributed by atoms with Crippen molar-refractivity contribution in [3.05, 3.63) is 90.0 Å². The highest BCUT2D eigenvalue weighted by atomic mass is 16.5. The van der Waals surface area contributed by atoms with Gasteiger partial charge in [-0.1, -0.05) is 42.5 Å². The van der Waals surface area contributed by atoms with Gasteiger partial charge in [-0.3, -0.25) is 0 Å². The summed E-state index contributed by atoms with van der Waals surface area (Å²) in [5, 5.41) is 21.9. The normalized spacial score (nSPS) is 11.4. The van der Waals surface area contributed by atoms with Gasteiger partial charge in [-0.15, -0.1) is 0 Å². The number of hydrogen-bond donors (Lipinski definition) is 3. The minimum absolute atomic E-state index is 0.113. The predicted octanol–water partition coefficient (Wildman–Crippen LogP) is 3.72. The van der Waals surface area contributed by atoms with Crippen LogP contribution in [0.1, 0.15) is 15.9 Å². The third kappa shape index (κ3) is 4.88. The largest absolute Gasteiger partial charge is 0.508 e. The Morgan fingerprint density at radius 1 is 0.893 bits per heavy atom. The van der Waals surface area contributed by atoms with Gasteiger partial charge < -0.3 is 20.3 Å². The number of phenolic OH excluding ortho intramolecular Hbond substituents is 1. The molecule has 0 heterocycles. The van der Waals surface area contributed by atoms with Gasteiger partial charge >= 0.3 is 11.9 Å². The molecule has 0 saturated heterocycles. The Morgan fingerprint density at radius 2 is 1.54 bits per heavy atom. The van der Waals surface area contributed by atoms with Gasteiger partial charge in [0.15, 0.2) is 5.75 Å². The van der Waals surface area contributed by atoms with E-state index in [1.807, 2.05) is 0 Å². The van der Waals surface area contributed by atoms with Crippen LogP contribution in [0.4, 0.5) is 5.69 Å². The number of anilines is 1. The van der Waals surface area contributed by atoms with Crippen molar-refractivity contribution in [2.24, 2.45) is 0 Å². The van der Waals surface area contributed by atoms with Crippen LogP contribution in [-0.4, -0.2) is 28.2 Å². The molecule has 0 amide bonds. The van der Waals surface area contributed by atoms with E-state index in [0.717, 1.165) is 5.56 Å². The lowest BCUT2D eigenvalue weighted by Gasteiger charge is -2.18. The molecule has 0 bridgehead atoms. The molecule has 3 rings (SSSR count). The standard InChI is InChI=1S/C22H19NO5/c24-17-12-10-15(11-13-17)14-19(21(25)26)23-18-8-4-5-9-20(18)28-22(27)16-6-2-1-3-7-16/h1-13,19,23-24H,14H2,(H,25,26). The van der Waals surface area contributed by atoms with Gasteiger partial charge in [0.05, 0.1) is 11.3 Å². The van der Waals surface area contributed by atoms with E-state index in [9.17, 15) is 19.8 Å². The maximum atomic E-state index is 12.3. The van der Waals surface area contributed by atoms with Gasteiger partial charge in [-0.05, 0) is 42.0 Å². The van der Waals surface area contributed by atoms with E-state index in [1.54, 1.807) is 66.7 Å². The van der Waals surface area contributed by atoms with Crippen LogP contribution < -0.4 is 10.1 Å². The number of hydrogen-bond acceptors (Lipinski definition) is 5. The molecule has 0 spiro atoms. The van der Waals surface area contributed by atoms with Crippen molar-refractivity contribution in [3.8, 4) is 11.5 Å². The van der Waals surface area contributed by atoms with E-state index in [1.165, 1.54) is 12.1 Å². The SMILES string of the molecule is O=C(Oc1ccccc1NC(Cc1ccc(O)cc1)C(=O)O)c1ccccc1. The number of nitrogens with one attached hydrogen (secondary N) is 1. The van der Waals surface area contributed by atoms with E-state index in [4.69, 9.17) is 4.74 Å². The highest BCUT2D eigenvalue weighted by molar-refractivity contribution is 5.92. The number of esters is 1. The summed E-state index contributed by atoms with van der Waals surface area (Å²) < 4.78 is 5.45. The molecule has 6 heteroatoms. The number of carboxylic acids is 1. The first-order valence-electron chi connectivity index (χ1n) is 8.66. The Bertz CT molecular complexity index is 954. The number of carbonyl (C=O) groups excluding carboxylic acids is 1. The summed E-state index contributed by atoms with van der Waals surface area (Å²) in [7, 11) is 0. The molecule has 3 aromatic carbocycles. The lowest BCUT2D eigenvalue weighted by atomic mass is 10.1. The fourth-order valence-corrected chi connectivity index (χ4v) is 2.66. The molecule has 0 aliphatic carbocycles. The summed E-state index contributed by atoms with van der Waals surface area (Å²) in [4.78, 5) is 24.0. The van der Waals surface area contributed by atoms with Crippen LogP contribution in [-0.2, 0) is 11.2 Å². The zero-order valence-corrected chi connectivity index (χ0v) is 14.9. The van der Waals surface area contributed by atoms with Crippen LogP contribution in [0, 0.1) is 0 Å². The van der Waals surface area contributed by atoms with Crippen LogP contribution >= 0.6 is 0 Å². The van der Waals surface area contributed by atoms with E-state index in [-0.39, 0.29) is 17.9 Å². The van der Waals surface area contributed by atoms with Crippen molar-refractivity contribution in [1.82, 2.24) is 0 Å². The Labute approximate surface area is 162 Å². The molecular formula is C22H19NO5. The first kappa shape index (κ1) is 19.0. The van der Waals surface area contributed by atoms with Gasteiger partial charge in [-0.2, -0.15) is 0 Å². The molecule has 3 aromatic rings. The van der Waals surface area contributed by atoms with Gasteiger partial charge in [-0.25, -0.2) is 9.59 Å². The van der Waals surface area contributed by atoms with E-state index in [2.05, 4.69) is 5.32 Å². The molecule has 0 radical (unpaired) electrons. The Hall–Kier alpha value is -3.80. The second-order valence-corrected chi connectivity index (χ2v) is 6.16. The summed E-state index contributed by atoms with van der Waals surface area (Å²) in [6.07, 6.45) is 0.191. The topological polar surface area (TPSA) is 95.9 Å². The molecule has 3 N–H and O–H groups in total. The maximum Gasteiger partial charge on any atom is 0.343 e. The highest BCUT2D eigenvalue weighted by Gasteiger charge is 2.20. The zero-order chi connectivity index (χ0) is 19.9. The van der Waals surface area contributed by atoms with Crippen molar-refractivity contribution in [3.63, 3.8) is 0 Å². The molecule has 1 atom stereocenters. The minimum Gasteiger partial charge on any atom is -0.508 e. The number of carboxylic acid groups (broad SMARTS) is 1. The summed E-state index contributed by atoms with van der Waals surface area (Å²) in [5.74, 6) is -1.22. The minimum atomic E-state index is -1.04. The lowest BCUT2D eigenvalue weighted by Crippen LogP contribution is -2.31. The highest BCUT2D eigenvalue weighted by Crippen LogP contribution is 2.26. The third-order valence-electron chi connectivity index (χ3n) is 4.10. The zero-order valence-electron chi connectivity index (χ0n) is 14.9. The first-order chi connectivity index (χ1) is 13.5. The van der Waals surface area contributed by atoms with Crippen molar-refractivity contribution in [2.75, 3.05) is 5.32 Å². The Morgan fingerprint density at radius 3 is 2.21 bits per heavy atom. The van der Waals surface area contributed by atoms with Gasteiger partial charge in [0.1, 0.15) is 11.8 Å². The quantitative estimate of drug-likeness (QED) is 0.429. The van der Waals surface area contributed by atoms with Crippen LogP contribution in [0.5, 0.6) is 11.5 Å². The van der Waals surface area contributed by atoms with E-state index in [0.29, 0.717) is 11.3 Å². The molecule has 0 fully saturated rings. The van der Waals surface area contributed by atoms with Crippen molar-refractivity contribution < 1.29 is 24.5 Å². The third-order valence-corrected chi connectivity index (χ3v) is 4.10. The van der Waals surface area contributed by atoms with Crippen LogP contribution in [0.15, 0.2) is 78.9 Å². The average molecular weight is 377 g/mol. The van der Waals surface area contributed by atoms with Crippen LogP contribution in [0.3, 0.4) is 0 Å². The Balaban J connectivity index is 1.77. The van der Waals surface area contributed by atoms with Gasteiger partial charge in [0, 0.05) is 6.42 Å². The number of ether oxygens (including phenoxy) is 1. The number of para-hydroxylation sites is 2. The number of aromatic hydroxyl groups is 1. The molecule has 0 aromatic heterocycles.